The second-order valence-corrected chi connectivity index (χ2v) is 12.0. The summed E-state index contributed by atoms with van der Waals surface area (Å²) in [5.41, 5.74) is 4.86. The minimum absolute atomic E-state index is 0.0217. The lowest BCUT2D eigenvalue weighted by Gasteiger charge is -2.10. The van der Waals surface area contributed by atoms with E-state index in [9.17, 15) is 24.6 Å². The fraction of sp³-hybridized carbons (Fsp3) is 0.184. The molecule has 0 radical (unpaired) electrons. The van der Waals surface area contributed by atoms with Crippen LogP contribution in [0.4, 0.5) is 21.5 Å². The standard InChI is InChI=1S/C22H21N5O3.C16H14FN3O3/c1-3-17-11-21(22-9-6-15(2)30-22)26(25-17)18-7-8-19(20(12-18)27(28)29)24-14-16-5-4-10-23-13-16;1-3-11-8-15(16-7-4-10(2)23-16)19(18-11)12-5-6-13(17)14(9-12)20(21)22/h4-13,24H,3,14H2,1-2H3;4-9H,3H2,1-2H3. The number of hydrogen-bond donors (Lipinski definition) is 1. The Morgan fingerprint density at radius 2 is 1.28 bits per heavy atom. The minimum Gasteiger partial charge on any atom is -0.460 e. The second-order valence-electron chi connectivity index (χ2n) is 12.0. The summed E-state index contributed by atoms with van der Waals surface area (Å²) < 4.78 is 28.2. The molecule has 53 heavy (non-hydrogen) atoms. The summed E-state index contributed by atoms with van der Waals surface area (Å²) in [6.45, 7) is 8.10. The van der Waals surface area contributed by atoms with E-state index < -0.39 is 21.4 Å². The Labute approximate surface area is 302 Å². The van der Waals surface area contributed by atoms with Crippen LogP contribution in [0.1, 0.15) is 42.3 Å². The van der Waals surface area contributed by atoms with E-state index in [0.29, 0.717) is 47.2 Å². The molecule has 0 unspecified atom stereocenters. The number of nitro benzene ring substituents is 2. The Morgan fingerprint density at radius 3 is 1.75 bits per heavy atom. The van der Waals surface area contributed by atoms with E-state index in [4.69, 9.17) is 8.83 Å². The minimum atomic E-state index is -0.878. The number of furan rings is 2. The smallest absolute Gasteiger partial charge is 0.306 e. The van der Waals surface area contributed by atoms with Gasteiger partial charge in [-0.15, -0.1) is 0 Å². The van der Waals surface area contributed by atoms with Crippen LogP contribution in [-0.4, -0.2) is 34.4 Å². The van der Waals surface area contributed by atoms with Crippen molar-refractivity contribution in [2.24, 2.45) is 0 Å². The summed E-state index contributed by atoms with van der Waals surface area (Å²) in [5.74, 6) is 1.92. The Morgan fingerprint density at radius 1 is 0.736 bits per heavy atom. The van der Waals surface area contributed by atoms with Gasteiger partial charge in [-0.2, -0.15) is 14.6 Å². The quantitative estimate of drug-likeness (QED) is 0.100. The van der Waals surface area contributed by atoms with Gasteiger partial charge in [-0.3, -0.25) is 25.2 Å². The Bertz CT molecular complexity index is 2390. The van der Waals surface area contributed by atoms with Crippen molar-refractivity contribution in [1.82, 2.24) is 24.5 Å². The highest BCUT2D eigenvalue weighted by atomic mass is 19.1. The molecule has 0 aliphatic carbocycles. The molecule has 0 aliphatic heterocycles. The third kappa shape index (κ3) is 8.04. The van der Waals surface area contributed by atoms with Crippen molar-refractivity contribution in [2.75, 3.05) is 5.32 Å². The van der Waals surface area contributed by atoms with Gasteiger partial charge in [-0.1, -0.05) is 19.9 Å². The molecular formula is C38H35FN8O6. The fourth-order valence-electron chi connectivity index (χ4n) is 5.52. The molecule has 1 N–H and O–H groups in total. The van der Waals surface area contributed by atoms with E-state index in [1.807, 2.05) is 76.2 Å². The molecule has 5 aromatic heterocycles. The first-order valence-corrected chi connectivity index (χ1v) is 16.7. The molecule has 0 amide bonds. The molecule has 0 fully saturated rings. The van der Waals surface area contributed by atoms with Crippen molar-refractivity contribution >= 4 is 17.1 Å². The van der Waals surface area contributed by atoms with Crippen molar-refractivity contribution < 1.29 is 23.1 Å². The van der Waals surface area contributed by atoms with E-state index in [1.165, 1.54) is 22.9 Å². The van der Waals surface area contributed by atoms with Gasteiger partial charge in [0, 0.05) is 31.1 Å². The van der Waals surface area contributed by atoms with Crippen LogP contribution in [0.2, 0.25) is 0 Å². The molecule has 270 valence electrons. The lowest BCUT2D eigenvalue weighted by atomic mass is 10.2. The van der Waals surface area contributed by atoms with E-state index >= 15 is 0 Å². The van der Waals surface area contributed by atoms with Crippen LogP contribution in [0.25, 0.3) is 34.3 Å². The lowest BCUT2D eigenvalue weighted by Crippen LogP contribution is -2.05. The van der Waals surface area contributed by atoms with Crippen molar-refractivity contribution in [3.63, 3.8) is 0 Å². The first kappa shape index (κ1) is 35.9. The maximum atomic E-state index is 13.5. The van der Waals surface area contributed by atoms with Gasteiger partial charge < -0.3 is 14.2 Å². The number of aromatic nitrogens is 5. The summed E-state index contributed by atoms with van der Waals surface area (Å²) in [7, 11) is 0. The van der Waals surface area contributed by atoms with Gasteiger partial charge in [0.25, 0.3) is 5.69 Å². The van der Waals surface area contributed by atoms with Gasteiger partial charge in [-0.25, -0.2) is 9.36 Å². The van der Waals surface area contributed by atoms with Gasteiger partial charge in [0.05, 0.1) is 32.6 Å². The van der Waals surface area contributed by atoms with Crippen LogP contribution < -0.4 is 5.32 Å². The molecule has 7 rings (SSSR count). The molecule has 7 aromatic rings. The van der Waals surface area contributed by atoms with Crippen molar-refractivity contribution in [3.8, 4) is 34.3 Å². The summed E-state index contributed by atoms with van der Waals surface area (Å²) in [4.78, 5) is 25.6. The number of benzene rings is 2. The highest BCUT2D eigenvalue weighted by Gasteiger charge is 2.21. The molecular weight excluding hydrogens is 683 g/mol. The van der Waals surface area contributed by atoms with Crippen LogP contribution in [0.3, 0.4) is 0 Å². The van der Waals surface area contributed by atoms with E-state index in [0.717, 1.165) is 46.7 Å². The highest BCUT2D eigenvalue weighted by molar-refractivity contribution is 5.67. The van der Waals surface area contributed by atoms with Crippen LogP contribution in [-0.2, 0) is 19.4 Å². The van der Waals surface area contributed by atoms with Gasteiger partial charge >= 0.3 is 5.69 Å². The van der Waals surface area contributed by atoms with E-state index in [2.05, 4.69) is 20.5 Å². The zero-order valence-electron chi connectivity index (χ0n) is 29.3. The number of aryl methyl sites for hydroxylation is 4. The van der Waals surface area contributed by atoms with Crippen LogP contribution in [0.15, 0.2) is 106 Å². The van der Waals surface area contributed by atoms with Crippen LogP contribution >= 0.6 is 0 Å². The summed E-state index contributed by atoms with van der Waals surface area (Å²) in [6, 6.07) is 23.6. The van der Waals surface area contributed by atoms with Gasteiger partial charge in [0.1, 0.15) is 28.6 Å². The van der Waals surface area contributed by atoms with Gasteiger partial charge in [-0.05, 0) is 99.0 Å². The first-order valence-electron chi connectivity index (χ1n) is 16.7. The maximum absolute atomic E-state index is 13.5. The normalized spacial score (nSPS) is 10.9. The van der Waals surface area contributed by atoms with Gasteiger partial charge in [0.2, 0.25) is 5.82 Å². The molecule has 0 saturated heterocycles. The molecule has 2 aromatic carbocycles. The number of pyridine rings is 1. The molecule has 0 aliphatic rings. The molecule has 14 nitrogen and oxygen atoms in total. The Balaban J connectivity index is 0.000000188. The summed E-state index contributed by atoms with van der Waals surface area (Å²) >= 11 is 0. The van der Waals surface area contributed by atoms with Crippen LogP contribution in [0.5, 0.6) is 0 Å². The first-order chi connectivity index (χ1) is 25.5. The van der Waals surface area contributed by atoms with E-state index in [-0.39, 0.29) is 5.69 Å². The molecule has 0 atom stereocenters. The molecule has 5 heterocycles. The topological polar surface area (TPSA) is 173 Å². The Hall–Kier alpha value is -6.90. The number of nitrogens with zero attached hydrogens (tertiary/aromatic N) is 7. The maximum Gasteiger partial charge on any atom is 0.306 e. The van der Waals surface area contributed by atoms with Gasteiger partial charge in [0.15, 0.2) is 11.5 Å². The predicted molar refractivity (Wildman–Crippen MR) is 196 cm³/mol. The zero-order chi connectivity index (χ0) is 37.6. The molecule has 15 heteroatoms. The third-order valence-corrected chi connectivity index (χ3v) is 8.23. The molecule has 0 spiro atoms. The molecule has 0 saturated carbocycles. The lowest BCUT2D eigenvalue weighted by molar-refractivity contribution is -0.387. The predicted octanol–water partition coefficient (Wildman–Crippen LogP) is 8.97. The summed E-state index contributed by atoms with van der Waals surface area (Å²) in [5, 5.41) is 34.8. The largest absolute Gasteiger partial charge is 0.460 e. The zero-order valence-corrected chi connectivity index (χ0v) is 29.3. The SMILES string of the molecule is CCc1cc(-c2ccc(C)o2)n(-c2ccc(F)c([N+](=O)[O-])c2)n1.CCc1cc(-c2ccc(C)o2)n(-c2ccc(NCc3cccnc3)c([N+](=O)[O-])c2)n1. The van der Waals surface area contributed by atoms with Crippen LogP contribution in [0, 0.1) is 39.9 Å². The average molecular weight is 719 g/mol. The Kier molecular flexibility index (Phi) is 10.5. The number of nitro groups is 2. The third-order valence-electron chi connectivity index (χ3n) is 8.23. The van der Waals surface area contributed by atoms with Crippen molar-refractivity contribution in [1.29, 1.82) is 0 Å². The number of nitrogens with one attached hydrogen (secondary N) is 1. The molecule has 0 bridgehead atoms. The number of anilines is 1. The number of halogens is 1. The number of hydrogen-bond acceptors (Lipinski definition) is 10. The average Bonchev–Trinajstić information content (AvgIpc) is 3.98. The second kappa shape index (κ2) is 15.6. The number of rotatable bonds is 11. The monoisotopic (exact) mass is 718 g/mol. The highest BCUT2D eigenvalue weighted by Crippen LogP contribution is 2.32. The summed E-state index contributed by atoms with van der Waals surface area (Å²) in [6.07, 6.45) is 4.85. The fourth-order valence-corrected chi connectivity index (χ4v) is 5.52. The van der Waals surface area contributed by atoms with E-state index in [1.54, 1.807) is 29.2 Å². The van der Waals surface area contributed by atoms with Crippen molar-refractivity contribution in [3.05, 3.63) is 152 Å². The van der Waals surface area contributed by atoms with Crippen molar-refractivity contribution in [2.45, 2.75) is 47.1 Å².